The van der Waals surface area contributed by atoms with Gasteiger partial charge in [-0.25, -0.2) is 0 Å². The van der Waals surface area contributed by atoms with Crippen molar-refractivity contribution in [2.45, 2.75) is 26.8 Å². The first-order valence-corrected chi connectivity index (χ1v) is 5.76. The van der Waals surface area contributed by atoms with E-state index in [9.17, 15) is 4.79 Å². The molecule has 4 heteroatoms. The molecule has 1 unspecified atom stereocenters. The fourth-order valence-electron chi connectivity index (χ4n) is 1.25. The topological polar surface area (TPSA) is 29.1 Å². The summed E-state index contributed by atoms with van der Waals surface area (Å²) in [6.07, 6.45) is 0. The number of thiophene rings is 1. The highest BCUT2D eigenvalue weighted by Crippen LogP contribution is 2.19. The van der Waals surface area contributed by atoms with Crippen LogP contribution in [-0.2, 0) is 4.79 Å². The summed E-state index contributed by atoms with van der Waals surface area (Å²) in [5.41, 5.74) is 0. The monoisotopic (exact) mass is 247 g/mol. The normalized spacial score (nSPS) is 12.3. The van der Waals surface area contributed by atoms with Crippen LogP contribution in [0, 0.1) is 5.92 Å². The highest BCUT2D eigenvalue weighted by atomic mass is 35.5. The highest BCUT2D eigenvalue weighted by Gasteiger charge is 2.16. The molecule has 0 bridgehead atoms. The summed E-state index contributed by atoms with van der Waals surface area (Å²) < 4.78 is 0. The summed E-state index contributed by atoms with van der Waals surface area (Å²) in [4.78, 5) is 12.5. The molecule has 1 aromatic rings. The molecule has 0 spiro atoms. The number of halogens is 1. The molecule has 0 saturated heterocycles. The summed E-state index contributed by atoms with van der Waals surface area (Å²) in [5, 5.41) is 5.28. The first-order valence-electron chi connectivity index (χ1n) is 4.88. The van der Waals surface area contributed by atoms with Gasteiger partial charge >= 0.3 is 0 Å². The van der Waals surface area contributed by atoms with Gasteiger partial charge in [-0.2, -0.15) is 0 Å². The molecule has 0 radical (unpaired) electrons. The third-order valence-electron chi connectivity index (χ3n) is 1.96. The van der Waals surface area contributed by atoms with E-state index in [4.69, 9.17) is 0 Å². The van der Waals surface area contributed by atoms with Crippen LogP contribution in [0.2, 0.25) is 0 Å². The molecule has 0 saturated carbocycles. The maximum atomic E-state index is 11.4. The Balaban J connectivity index is 0.00000196. The first kappa shape index (κ1) is 14.6. The molecule has 86 valence electrons. The second-order valence-corrected chi connectivity index (χ2v) is 4.84. The zero-order chi connectivity index (χ0) is 10.6. The predicted molar refractivity (Wildman–Crippen MR) is 67.8 cm³/mol. The fourth-order valence-corrected chi connectivity index (χ4v) is 2.11. The van der Waals surface area contributed by atoms with Crippen molar-refractivity contribution in [2.24, 2.45) is 5.92 Å². The number of carbonyl (C=O) groups excluding carboxylic acids is 1. The van der Waals surface area contributed by atoms with Crippen LogP contribution in [-0.4, -0.2) is 12.3 Å². The molecule has 0 aromatic carbocycles. The average molecular weight is 248 g/mol. The Kier molecular flexibility index (Phi) is 6.81. The van der Waals surface area contributed by atoms with Crippen molar-refractivity contribution in [3.63, 3.8) is 0 Å². The van der Waals surface area contributed by atoms with Crippen molar-refractivity contribution < 1.29 is 4.79 Å². The molecule has 1 heterocycles. The Hall–Kier alpha value is -0.380. The van der Waals surface area contributed by atoms with Crippen molar-refractivity contribution in [1.29, 1.82) is 0 Å². The Bertz CT molecular complexity index is 285. The maximum Gasteiger partial charge on any atom is 0.152 e. The zero-order valence-corrected chi connectivity index (χ0v) is 11.0. The van der Waals surface area contributed by atoms with Crippen LogP contribution in [0.4, 0.5) is 0 Å². The average Bonchev–Trinajstić information content (AvgIpc) is 2.56. The van der Waals surface area contributed by atoms with Crippen LogP contribution in [0.3, 0.4) is 0 Å². The molecule has 1 aromatic heterocycles. The lowest BCUT2D eigenvalue weighted by molar-refractivity contribution is -0.119. The van der Waals surface area contributed by atoms with Gasteiger partial charge in [0.15, 0.2) is 5.78 Å². The molecule has 0 amide bonds. The number of rotatable bonds is 5. The van der Waals surface area contributed by atoms with Gasteiger partial charge in [0, 0.05) is 4.88 Å². The van der Waals surface area contributed by atoms with Gasteiger partial charge < -0.3 is 5.32 Å². The van der Waals surface area contributed by atoms with E-state index in [-0.39, 0.29) is 24.2 Å². The standard InChI is InChI=1S/C11H17NOS.ClH/c1-8(2)7-12-11(9(3)13)10-5-4-6-14-10;/h4-6,8,11-12H,7H2,1-3H3;1H. The van der Waals surface area contributed by atoms with E-state index in [2.05, 4.69) is 19.2 Å². The molecule has 0 aliphatic carbocycles. The van der Waals surface area contributed by atoms with Gasteiger partial charge in [-0.15, -0.1) is 23.7 Å². The number of hydrogen-bond donors (Lipinski definition) is 1. The number of carbonyl (C=O) groups is 1. The Morgan fingerprint density at radius 3 is 2.60 bits per heavy atom. The van der Waals surface area contributed by atoms with Crippen LogP contribution >= 0.6 is 23.7 Å². The number of ketones is 1. The van der Waals surface area contributed by atoms with Crippen LogP contribution in [0.15, 0.2) is 17.5 Å². The van der Waals surface area contributed by atoms with E-state index in [0.29, 0.717) is 5.92 Å². The summed E-state index contributed by atoms with van der Waals surface area (Å²) in [7, 11) is 0. The van der Waals surface area contributed by atoms with E-state index >= 15 is 0 Å². The highest BCUT2D eigenvalue weighted by molar-refractivity contribution is 7.10. The minimum Gasteiger partial charge on any atom is -0.303 e. The zero-order valence-electron chi connectivity index (χ0n) is 9.32. The molecule has 0 aliphatic heterocycles. The predicted octanol–water partition coefficient (Wildman–Crippen LogP) is 3.05. The molecule has 1 atom stereocenters. The van der Waals surface area contributed by atoms with Gasteiger partial charge in [-0.1, -0.05) is 19.9 Å². The molecule has 2 nitrogen and oxygen atoms in total. The Labute approximate surface area is 101 Å². The molecular formula is C11H18ClNOS. The Morgan fingerprint density at radius 2 is 2.20 bits per heavy atom. The lowest BCUT2D eigenvalue weighted by Crippen LogP contribution is -2.29. The second kappa shape index (κ2) is 6.99. The SMILES string of the molecule is CC(=O)C(NCC(C)C)c1cccs1.Cl. The van der Waals surface area contributed by atoms with Crippen molar-refractivity contribution in [3.05, 3.63) is 22.4 Å². The molecular weight excluding hydrogens is 230 g/mol. The van der Waals surface area contributed by atoms with Crippen molar-refractivity contribution >= 4 is 29.5 Å². The van der Waals surface area contributed by atoms with Crippen LogP contribution in [0.5, 0.6) is 0 Å². The maximum absolute atomic E-state index is 11.4. The third-order valence-corrected chi connectivity index (χ3v) is 2.90. The van der Waals surface area contributed by atoms with E-state index in [1.807, 2.05) is 17.5 Å². The van der Waals surface area contributed by atoms with E-state index < -0.39 is 0 Å². The summed E-state index contributed by atoms with van der Waals surface area (Å²) in [5.74, 6) is 0.755. The van der Waals surface area contributed by atoms with Gasteiger partial charge in [-0.3, -0.25) is 4.79 Å². The summed E-state index contributed by atoms with van der Waals surface area (Å²) >= 11 is 1.63. The first-order chi connectivity index (χ1) is 6.61. The smallest absolute Gasteiger partial charge is 0.152 e. The van der Waals surface area contributed by atoms with Gasteiger partial charge in [-0.05, 0) is 30.8 Å². The minimum atomic E-state index is -0.114. The van der Waals surface area contributed by atoms with Crippen LogP contribution < -0.4 is 5.32 Å². The second-order valence-electron chi connectivity index (χ2n) is 3.86. The minimum absolute atomic E-state index is 0. The van der Waals surface area contributed by atoms with E-state index in [0.717, 1.165) is 11.4 Å². The number of nitrogens with one attached hydrogen (secondary N) is 1. The van der Waals surface area contributed by atoms with Crippen LogP contribution in [0.25, 0.3) is 0 Å². The largest absolute Gasteiger partial charge is 0.303 e. The van der Waals surface area contributed by atoms with Gasteiger partial charge in [0.2, 0.25) is 0 Å². The molecule has 15 heavy (non-hydrogen) atoms. The van der Waals surface area contributed by atoms with Gasteiger partial charge in [0.25, 0.3) is 0 Å². The summed E-state index contributed by atoms with van der Waals surface area (Å²) in [6.45, 7) is 6.79. The number of Topliss-reactive ketones (excluding diaryl/α,β-unsaturated/α-hetero) is 1. The van der Waals surface area contributed by atoms with Crippen molar-refractivity contribution in [2.75, 3.05) is 6.54 Å². The molecule has 1 rings (SSSR count). The van der Waals surface area contributed by atoms with Gasteiger partial charge in [0.05, 0.1) is 0 Å². The van der Waals surface area contributed by atoms with Gasteiger partial charge in [0.1, 0.15) is 6.04 Å². The quantitative estimate of drug-likeness (QED) is 0.867. The van der Waals surface area contributed by atoms with E-state index in [1.165, 1.54) is 0 Å². The third kappa shape index (κ3) is 4.78. The van der Waals surface area contributed by atoms with Crippen molar-refractivity contribution in [1.82, 2.24) is 5.32 Å². The van der Waals surface area contributed by atoms with E-state index in [1.54, 1.807) is 18.3 Å². The fraction of sp³-hybridized carbons (Fsp3) is 0.545. The lowest BCUT2D eigenvalue weighted by Gasteiger charge is -2.15. The number of hydrogen-bond acceptors (Lipinski definition) is 3. The van der Waals surface area contributed by atoms with Crippen molar-refractivity contribution in [3.8, 4) is 0 Å². The Morgan fingerprint density at radius 1 is 1.53 bits per heavy atom. The van der Waals surface area contributed by atoms with Crippen LogP contribution in [0.1, 0.15) is 31.7 Å². The molecule has 0 fully saturated rings. The molecule has 1 N–H and O–H groups in total. The lowest BCUT2D eigenvalue weighted by atomic mass is 10.1. The summed E-state index contributed by atoms with van der Waals surface area (Å²) in [6, 6.07) is 3.87. The molecule has 0 aliphatic rings.